The largest absolute Gasteiger partial charge is 0.382 e. The molecule has 0 amide bonds. The smallest absolute Gasteiger partial charge is 0.164 e. The predicted octanol–water partition coefficient (Wildman–Crippen LogP) is 1.89. The van der Waals surface area contributed by atoms with Crippen molar-refractivity contribution < 1.29 is 14.3 Å². The summed E-state index contributed by atoms with van der Waals surface area (Å²) in [4.78, 5) is 11.8. The van der Waals surface area contributed by atoms with Gasteiger partial charge in [0.05, 0.1) is 36.0 Å². The Labute approximate surface area is 118 Å². The van der Waals surface area contributed by atoms with Crippen LogP contribution in [0.2, 0.25) is 5.02 Å². The minimum absolute atomic E-state index is 0.00439. The average Bonchev–Trinajstić information content (AvgIpc) is 2.71. The average molecular weight is 289 g/mol. The first-order valence-electron chi connectivity index (χ1n) is 6.46. The molecule has 0 fully saturated rings. The molecule has 0 radical (unpaired) electrons. The minimum atomic E-state index is -0.00439. The van der Waals surface area contributed by atoms with Crippen molar-refractivity contribution in [1.29, 1.82) is 0 Å². The summed E-state index contributed by atoms with van der Waals surface area (Å²) >= 11 is 6.24. The van der Waals surface area contributed by atoms with E-state index in [-0.39, 0.29) is 18.8 Å². The molecule has 0 N–H and O–H groups in total. The van der Waals surface area contributed by atoms with Crippen LogP contribution in [0.3, 0.4) is 0 Å². The van der Waals surface area contributed by atoms with E-state index >= 15 is 0 Å². The Morgan fingerprint density at radius 1 is 1.37 bits per heavy atom. The maximum atomic E-state index is 11.8. The van der Waals surface area contributed by atoms with E-state index in [4.69, 9.17) is 21.1 Å². The maximum Gasteiger partial charge on any atom is 0.164 e. The van der Waals surface area contributed by atoms with Gasteiger partial charge in [-0.2, -0.15) is 5.10 Å². The van der Waals surface area contributed by atoms with Gasteiger partial charge in [-0.1, -0.05) is 18.5 Å². The van der Waals surface area contributed by atoms with E-state index in [9.17, 15) is 4.79 Å². The third-order valence-corrected chi connectivity index (χ3v) is 3.19. The lowest BCUT2D eigenvalue weighted by atomic mass is 10.2. The molecule has 0 saturated carbocycles. The highest BCUT2D eigenvalue weighted by molar-refractivity contribution is 6.32. The number of aromatic nitrogens is 2. The minimum Gasteiger partial charge on any atom is -0.382 e. The second-order valence-electron chi connectivity index (χ2n) is 4.14. The summed E-state index contributed by atoms with van der Waals surface area (Å²) in [5, 5.41) is 4.99. The number of nitrogens with zero attached hydrogens (tertiary/aromatic N) is 2. The van der Waals surface area contributed by atoms with Gasteiger partial charge in [0.15, 0.2) is 5.78 Å². The van der Waals surface area contributed by atoms with Gasteiger partial charge >= 0.3 is 0 Å². The van der Waals surface area contributed by atoms with Crippen LogP contribution in [0.1, 0.15) is 25.2 Å². The van der Waals surface area contributed by atoms with Crippen molar-refractivity contribution in [3.63, 3.8) is 0 Å². The van der Waals surface area contributed by atoms with Crippen LogP contribution in [-0.4, -0.2) is 42.5 Å². The van der Waals surface area contributed by atoms with Crippen LogP contribution in [0, 0.1) is 0 Å². The van der Waals surface area contributed by atoms with Crippen LogP contribution in [0.15, 0.2) is 0 Å². The summed E-state index contributed by atoms with van der Waals surface area (Å²) in [6.45, 7) is 5.66. The molecule has 0 aromatic carbocycles. The molecule has 5 nitrogen and oxygen atoms in total. The molecule has 0 saturated heterocycles. The fourth-order valence-corrected chi connectivity index (χ4v) is 2.09. The molecule has 19 heavy (non-hydrogen) atoms. The molecule has 0 spiro atoms. The monoisotopic (exact) mass is 288 g/mol. The number of hydrogen-bond acceptors (Lipinski definition) is 4. The van der Waals surface area contributed by atoms with E-state index < -0.39 is 0 Å². The van der Waals surface area contributed by atoms with E-state index in [1.807, 2.05) is 13.8 Å². The summed E-state index contributed by atoms with van der Waals surface area (Å²) in [5.41, 5.74) is 1.62. The summed E-state index contributed by atoms with van der Waals surface area (Å²) < 4.78 is 11.8. The highest BCUT2D eigenvalue weighted by Crippen LogP contribution is 2.22. The standard InChI is InChI=1S/C13H21ClN2O3/c1-4-11-13(14)12(16(5-2)15-11)8-10(17)9-19-7-6-18-3/h4-9H2,1-3H3. The number of methoxy groups -OCH3 is 1. The van der Waals surface area contributed by atoms with Gasteiger partial charge < -0.3 is 9.47 Å². The number of carbonyl (C=O) groups excluding carboxylic acids is 1. The van der Waals surface area contributed by atoms with E-state index in [0.717, 1.165) is 17.8 Å². The van der Waals surface area contributed by atoms with E-state index in [0.29, 0.717) is 24.8 Å². The highest BCUT2D eigenvalue weighted by Gasteiger charge is 2.17. The van der Waals surface area contributed by atoms with Gasteiger partial charge in [0, 0.05) is 13.7 Å². The molecule has 0 unspecified atom stereocenters. The fourth-order valence-electron chi connectivity index (χ4n) is 1.75. The van der Waals surface area contributed by atoms with Gasteiger partial charge in [-0.3, -0.25) is 9.48 Å². The van der Waals surface area contributed by atoms with Crippen molar-refractivity contribution in [1.82, 2.24) is 9.78 Å². The molecule has 1 rings (SSSR count). The Kier molecular flexibility index (Phi) is 7.05. The van der Waals surface area contributed by atoms with Crippen molar-refractivity contribution in [3.05, 3.63) is 16.4 Å². The first-order chi connectivity index (χ1) is 9.13. The van der Waals surface area contributed by atoms with Crippen LogP contribution in [0.5, 0.6) is 0 Å². The Hall–Kier alpha value is -0.910. The maximum absolute atomic E-state index is 11.8. The summed E-state index contributed by atoms with van der Waals surface area (Å²) in [6, 6.07) is 0. The van der Waals surface area contributed by atoms with Crippen LogP contribution in [-0.2, 0) is 33.7 Å². The van der Waals surface area contributed by atoms with Gasteiger partial charge in [-0.15, -0.1) is 0 Å². The molecule has 1 aromatic rings. The zero-order chi connectivity index (χ0) is 14.3. The molecule has 6 heteroatoms. The lowest BCUT2D eigenvalue weighted by Gasteiger charge is -2.05. The first-order valence-corrected chi connectivity index (χ1v) is 6.84. The Morgan fingerprint density at radius 2 is 2.11 bits per heavy atom. The van der Waals surface area contributed by atoms with Crippen molar-refractivity contribution in [3.8, 4) is 0 Å². The highest BCUT2D eigenvalue weighted by atomic mass is 35.5. The number of halogens is 1. The normalized spacial score (nSPS) is 10.9. The van der Waals surface area contributed by atoms with E-state index in [1.54, 1.807) is 11.8 Å². The molecule has 1 heterocycles. The number of carbonyl (C=O) groups is 1. The Bertz CT molecular complexity index is 418. The number of Topliss-reactive ketones (excluding diaryl/α,β-unsaturated/α-hetero) is 1. The van der Waals surface area contributed by atoms with E-state index in [2.05, 4.69) is 5.10 Å². The number of hydrogen-bond donors (Lipinski definition) is 0. The fraction of sp³-hybridized carbons (Fsp3) is 0.692. The molecule has 0 aliphatic rings. The van der Waals surface area contributed by atoms with Gasteiger partial charge in [0.1, 0.15) is 6.61 Å². The SMILES string of the molecule is CCc1nn(CC)c(CC(=O)COCCOC)c1Cl. The molecule has 0 atom stereocenters. The summed E-state index contributed by atoms with van der Waals surface area (Å²) in [7, 11) is 1.59. The van der Waals surface area contributed by atoms with Gasteiger partial charge in [-0.25, -0.2) is 0 Å². The number of ether oxygens (including phenoxy) is 2. The number of rotatable bonds is 9. The zero-order valence-electron chi connectivity index (χ0n) is 11.7. The van der Waals surface area contributed by atoms with Crippen molar-refractivity contribution in [2.75, 3.05) is 26.9 Å². The molecule has 0 aliphatic carbocycles. The van der Waals surface area contributed by atoms with Crippen molar-refractivity contribution in [2.24, 2.45) is 0 Å². The van der Waals surface area contributed by atoms with Crippen molar-refractivity contribution in [2.45, 2.75) is 33.2 Å². The summed E-state index contributed by atoms with van der Waals surface area (Å²) in [5.74, 6) is -0.00439. The van der Waals surface area contributed by atoms with Crippen LogP contribution < -0.4 is 0 Å². The second-order valence-corrected chi connectivity index (χ2v) is 4.52. The summed E-state index contributed by atoms with van der Waals surface area (Å²) in [6.07, 6.45) is 1.02. The molecular formula is C13H21ClN2O3. The van der Waals surface area contributed by atoms with Crippen LogP contribution in [0.25, 0.3) is 0 Å². The van der Waals surface area contributed by atoms with Crippen molar-refractivity contribution >= 4 is 17.4 Å². The molecule has 108 valence electrons. The number of ketones is 1. The third kappa shape index (κ3) is 4.60. The zero-order valence-corrected chi connectivity index (χ0v) is 12.5. The second kappa shape index (κ2) is 8.30. The topological polar surface area (TPSA) is 53.4 Å². The molecule has 0 bridgehead atoms. The van der Waals surface area contributed by atoms with Crippen LogP contribution in [0.4, 0.5) is 0 Å². The van der Waals surface area contributed by atoms with Gasteiger partial charge in [0.2, 0.25) is 0 Å². The Balaban J connectivity index is 2.60. The van der Waals surface area contributed by atoms with Gasteiger partial charge in [0.25, 0.3) is 0 Å². The van der Waals surface area contributed by atoms with E-state index in [1.165, 1.54) is 0 Å². The van der Waals surface area contributed by atoms with Gasteiger partial charge in [-0.05, 0) is 13.3 Å². The Morgan fingerprint density at radius 3 is 2.68 bits per heavy atom. The molecular weight excluding hydrogens is 268 g/mol. The number of aryl methyl sites for hydroxylation is 2. The van der Waals surface area contributed by atoms with Crippen LogP contribution >= 0.6 is 11.6 Å². The molecule has 0 aliphatic heterocycles. The quantitative estimate of drug-likeness (QED) is 0.651. The lowest BCUT2D eigenvalue weighted by Crippen LogP contribution is -2.16. The lowest BCUT2D eigenvalue weighted by molar-refractivity contribution is -0.123. The molecule has 1 aromatic heterocycles. The first kappa shape index (κ1) is 16.1. The third-order valence-electron chi connectivity index (χ3n) is 2.75. The predicted molar refractivity (Wildman–Crippen MR) is 73.7 cm³/mol.